The number of furan rings is 1. The average molecular weight is 370 g/mol. The van der Waals surface area contributed by atoms with Gasteiger partial charge < -0.3 is 14.5 Å². The Morgan fingerprint density at radius 2 is 1.81 bits per heavy atom. The highest BCUT2D eigenvalue weighted by molar-refractivity contribution is 6.31. The van der Waals surface area contributed by atoms with E-state index in [-0.39, 0.29) is 18.3 Å². The maximum Gasteiger partial charge on any atom is 0.291 e. The normalized spacial score (nSPS) is 10.6. The minimum absolute atomic E-state index is 0.226. The van der Waals surface area contributed by atoms with E-state index < -0.39 is 0 Å². The molecule has 26 heavy (non-hydrogen) atoms. The Balaban J connectivity index is 1.66. The van der Waals surface area contributed by atoms with Gasteiger partial charge in [-0.1, -0.05) is 29.8 Å². The first kappa shape index (κ1) is 18.1. The zero-order valence-corrected chi connectivity index (χ0v) is 15.7. The van der Waals surface area contributed by atoms with Crippen LogP contribution in [0, 0.1) is 20.8 Å². The first-order valence-electron chi connectivity index (χ1n) is 8.28. The van der Waals surface area contributed by atoms with Crippen molar-refractivity contribution in [2.45, 2.75) is 27.4 Å². The summed E-state index contributed by atoms with van der Waals surface area (Å²) in [6.45, 7) is 6.16. The summed E-state index contributed by atoms with van der Waals surface area (Å²) in [5.74, 6) is 1.29. The highest BCUT2D eigenvalue weighted by atomic mass is 35.5. The number of benzene rings is 2. The van der Waals surface area contributed by atoms with Crippen LogP contribution in [0.15, 0.2) is 52.9 Å². The molecule has 0 aliphatic heterocycles. The predicted octanol–water partition coefficient (Wildman–Crippen LogP) is 5.69. The van der Waals surface area contributed by atoms with Crippen LogP contribution < -0.4 is 10.1 Å². The lowest BCUT2D eigenvalue weighted by Gasteiger charge is -2.09. The van der Waals surface area contributed by atoms with Crippen LogP contribution in [0.5, 0.6) is 5.75 Å². The fourth-order valence-corrected chi connectivity index (χ4v) is 2.67. The molecular formula is C21H20ClNO3. The SMILES string of the molecule is Cc1ccc(C)c(OCc2ccc(C(=O)Nc3cc(Cl)ccc3C)o2)c1. The van der Waals surface area contributed by atoms with Crippen molar-refractivity contribution < 1.29 is 13.9 Å². The molecule has 0 radical (unpaired) electrons. The number of rotatable bonds is 5. The molecule has 4 nitrogen and oxygen atoms in total. The molecule has 1 N–H and O–H groups in total. The van der Waals surface area contributed by atoms with E-state index in [0.29, 0.717) is 16.5 Å². The van der Waals surface area contributed by atoms with Gasteiger partial charge in [0.25, 0.3) is 5.91 Å². The third-order valence-corrected chi connectivity index (χ3v) is 4.28. The molecule has 5 heteroatoms. The fourth-order valence-electron chi connectivity index (χ4n) is 2.50. The second kappa shape index (κ2) is 7.67. The number of hydrogen-bond donors (Lipinski definition) is 1. The molecule has 3 aromatic rings. The molecule has 0 aliphatic rings. The van der Waals surface area contributed by atoms with E-state index in [0.717, 1.165) is 22.4 Å². The molecule has 0 spiro atoms. The van der Waals surface area contributed by atoms with Crippen molar-refractivity contribution in [3.63, 3.8) is 0 Å². The smallest absolute Gasteiger partial charge is 0.291 e. The number of amides is 1. The molecule has 134 valence electrons. The van der Waals surface area contributed by atoms with E-state index in [4.69, 9.17) is 20.8 Å². The lowest BCUT2D eigenvalue weighted by atomic mass is 10.1. The number of anilines is 1. The van der Waals surface area contributed by atoms with Crippen molar-refractivity contribution in [1.82, 2.24) is 0 Å². The van der Waals surface area contributed by atoms with Gasteiger partial charge in [0.15, 0.2) is 5.76 Å². The summed E-state index contributed by atoms with van der Waals surface area (Å²) >= 11 is 5.98. The summed E-state index contributed by atoms with van der Waals surface area (Å²) in [5.41, 5.74) is 3.76. The lowest BCUT2D eigenvalue weighted by molar-refractivity contribution is 0.0992. The molecule has 0 atom stereocenters. The van der Waals surface area contributed by atoms with Crippen molar-refractivity contribution in [3.05, 3.63) is 81.8 Å². The van der Waals surface area contributed by atoms with Crippen molar-refractivity contribution in [2.24, 2.45) is 0 Å². The highest BCUT2D eigenvalue weighted by Crippen LogP contribution is 2.23. The van der Waals surface area contributed by atoms with Crippen molar-refractivity contribution >= 4 is 23.2 Å². The van der Waals surface area contributed by atoms with Gasteiger partial charge in [0.1, 0.15) is 18.1 Å². The van der Waals surface area contributed by atoms with Gasteiger partial charge in [-0.2, -0.15) is 0 Å². The Bertz CT molecular complexity index is 946. The molecule has 0 aliphatic carbocycles. The first-order valence-corrected chi connectivity index (χ1v) is 8.66. The van der Waals surface area contributed by atoms with E-state index >= 15 is 0 Å². The second-order valence-corrected chi connectivity index (χ2v) is 6.67. The summed E-state index contributed by atoms with van der Waals surface area (Å²) in [5, 5.41) is 3.38. The highest BCUT2D eigenvalue weighted by Gasteiger charge is 2.13. The van der Waals surface area contributed by atoms with Gasteiger partial charge in [-0.15, -0.1) is 0 Å². The van der Waals surface area contributed by atoms with Crippen LogP contribution in [-0.2, 0) is 6.61 Å². The summed E-state index contributed by atoms with van der Waals surface area (Å²) in [4.78, 5) is 12.4. The number of carbonyl (C=O) groups is 1. The summed E-state index contributed by atoms with van der Waals surface area (Å²) < 4.78 is 11.4. The van der Waals surface area contributed by atoms with Crippen LogP contribution in [0.4, 0.5) is 5.69 Å². The molecule has 0 bridgehead atoms. The van der Waals surface area contributed by atoms with Crippen molar-refractivity contribution in [3.8, 4) is 5.75 Å². The Hall–Kier alpha value is -2.72. The van der Waals surface area contributed by atoms with Gasteiger partial charge >= 0.3 is 0 Å². The van der Waals surface area contributed by atoms with Gasteiger partial charge in [-0.3, -0.25) is 4.79 Å². The number of ether oxygens (including phenoxy) is 1. The van der Waals surface area contributed by atoms with E-state index in [2.05, 4.69) is 5.32 Å². The molecular weight excluding hydrogens is 350 g/mol. The third kappa shape index (κ3) is 4.27. The van der Waals surface area contributed by atoms with Crippen LogP contribution in [0.3, 0.4) is 0 Å². The fraction of sp³-hybridized carbons (Fsp3) is 0.190. The topological polar surface area (TPSA) is 51.5 Å². The zero-order chi connectivity index (χ0) is 18.7. The Labute approximate surface area is 157 Å². The average Bonchev–Trinajstić information content (AvgIpc) is 3.08. The Morgan fingerprint density at radius 1 is 1.04 bits per heavy atom. The van der Waals surface area contributed by atoms with Crippen LogP contribution in [0.25, 0.3) is 0 Å². The predicted molar refractivity (Wildman–Crippen MR) is 103 cm³/mol. The maximum absolute atomic E-state index is 12.4. The monoisotopic (exact) mass is 369 g/mol. The molecule has 2 aromatic carbocycles. The summed E-state index contributed by atoms with van der Waals surface area (Å²) in [6.07, 6.45) is 0. The van der Waals surface area contributed by atoms with E-state index in [9.17, 15) is 4.79 Å². The Morgan fingerprint density at radius 3 is 2.62 bits per heavy atom. The van der Waals surface area contributed by atoms with Gasteiger partial charge in [-0.05, 0) is 67.8 Å². The number of nitrogens with one attached hydrogen (secondary N) is 1. The minimum atomic E-state index is -0.326. The van der Waals surface area contributed by atoms with Crippen LogP contribution in [0.1, 0.15) is 33.0 Å². The van der Waals surface area contributed by atoms with Crippen LogP contribution >= 0.6 is 11.6 Å². The van der Waals surface area contributed by atoms with Gasteiger partial charge in [-0.25, -0.2) is 0 Å². The van der Waals surface area contributed by atoms with Crippen molar-refractivity contribution in [2.75, 3.05) is 5.32 Å². The van der Waals surface area contributed by atoms with E-state index in [1.54, 1.807) is 24.3 Å². The minimum Gasteiger partial charge on any atom is -0.485 e. The third-order valence-electron chi connectivity index (χ3n) is 4.05. The Kier molecular flexibility index (Phi) is 5.33. The molecule has 0 saturated carbocycles. The van der Waals surface area contributed by atoms with Gasteiger partial charge in [0, 0.05) is 10.7 Å². The standard InChI is InChI=1S/C21H20ClNO3/c1-13-4-5-15(3)20(10-13)25-12-17-8-9-19(26-17)21(24)23-18-11-16(22)7-6-14(18)2/h4-11H,12H2,1-3H3,(H,23,24). The van der Waals surface area contributed by atoms with Crippen LogP contribution in [0.2, 0.25) is 5.02 Å². The largest absolute Gasteiger partial charge is 0.485 e. The number of halogens is 1. The zero-order valence-electron chi connectivity index (χ0n) is 14.9. The van der Waals surface area contributed by atoms with E-state index in [1.165, 1.54) is 0 Å². The van der Waals surface area contributed by atoms with E-state index in [1.807, 2.05) is 45.0 Å². The number of hydrogen-bond acceptors (Lipinski definition) is 3. The first-order chi connectivity index (χ1) is 12.4. The molecule has 1 aromatic heterocycles. The van der Waals surface area contributed by atoms with Crippen LogP contribution in [-0.4, -0.2) is 5.91 Å². The molecule has 0 fully saturated rings. The molecule has 0 unspecified atom stereocenters. The molecule has 0 saturated heterocycles. The second-order valence-electron chi connectivity index (χ2n) is 6.24. The number of aryl methyl sites for hydroxylation is 3. The summed E-state index contributed by atoms with van der Waals surface area (Å²) in [7, 11) is 0. The van der Waals surface area contributed by atoms with Gasteiger partial charge in [0.2, 0.25) is 0 Å². The molecule has 1 heterocycles. The van der Waals surface area contributed by atoms with Gasteiger partial charge in [0.05, 0.1) is 0 Å². The lowest BCUT2D eigenvalue weighted by Crippen LogP contribution is -2.11. The van der Waals surface area contributed by atoms with Crippen molar-refractivity contribution in [1.29, 1.82) is 0 Å². The molecule has 1 amide bonds. The summed E-state index contributed by atoms with van der Waals surface area (Å²) in [6, 6.07) is 14.7. The molecule has 3 rings (SSSR count). The number of carbonyl (C=O) groups excluding carboxylic acids is 1. The quantitative estimate of drug-likeness (QED) is 0.628. The maximum atomic E-state index is 12.4.